The van der Waals surface area contributed by atoms with Crippen molar-refractivity contribution in [3.63, 3.8) is 0 Å². The Kier molecular flexibility index (Phi) is 2.18. The summed E-state index contributed by atoms with van der Waals surface area (Å²) in [5.74, 6) is 0. The zero-order valence-corrected chi connectivity index (χ0v) is 7.42. The molecule has 1 heterocycles. The molecular formula is C10H16O2. The van der Waals surface area contributed by atoms with E-state index in [1.165, 1.54) is 12.8 Å². The van der Waals surface area contributed by atoms with Crippen LogP contribution in [0.25, 0.3) is 0 Å². The van der Waals surface area contributed by atoms with Crippen LogP contribution in [0.15, 0.2) is 0 Å². The second kappa shape index (κ2) is 3.17. The molecule has 0 aromatic carbocycles. The Hall–Kier alpha value is -0.370. The van der Waals surface area contributed by atoms with Crippen molar-refractivity contribution in [2.75, 3.05) is 6.61 Å². The molecule has 1 saturated heterocycles. The Morgan fingerprint density at radius 2 is 2.00 bits per heavy atom. The lowest BCUT2D eigenvalue weighted by atomic mass is 9.81. The average Bonchev–Trinajstić information content (AvgIpc) is 2.76. The summed E-state index contributed by atoms with van der Waals surface area (Å²) in [6.45, 7) is 0.861. The molecule has 2 rings (SSSR count). The number of hydrogen-bond acceptors (Lipinski definition) is 2. The number of aldehydes is 1. The third kappa shape index (κ3) is 1.18. The van der Waals surface area contributed by atoms with Crippen molar-refractivity contribution in [1.29, 1.82) is 0 Å². The molecule has 2 aliphatic rings. The van der Waals surface area contributed by atoms with Gasteiger partial charge in [0.25, 0.3) is 0 Å². The monoisotopic (exact) mass is 168 g/mol. The van der Waals surface area contributed by atoms with Gasteiger partial charge in [-0.3, -0.25) is 0 Å². The molecule has 0 bridgehead atoms. The van der Waals surface area contributed by atoms with Crippen LogP contribution in [-0.2, 0) is 9.53 Å². The van der Waals surface area contributed by atoms with Crippen LogP contribution in [0, 0.1) is 5.41 Å². The third-order valence-electron chi connectivity index (χ3n) is 3.34. The van der Waals surface area contributed by atoms with Gasteiger partial charge in [-0.05, 0) is 25.7 Å². The van der Waals surface area contributed by atoms with Crippen molar-refractivity contribution in [3.8, 4) is 0 Å². The fourth-order valence-electron chi connectivity index (χ4n) is 2.58. The van der Waals surface area contributed by atoms with E-state index < -0.39 is 0 Å². The molecule has 0 N–H and O–H groups in total. The third-order valence-corrected chi connectivity index (χ3v) is 3.34. The zero-order valence-electron chi connectivity index (χ0n) is 7.42. The minimum absolute atomic E-state index is 0.0868. The minimum atomic E-state index is -0.0868. The molecule has 0 amide bonds. The van der Waals surface area contributed by atoms with E-state index in [-0.39, 0.29) is 11.5 Å². The molecule has 0 aromatic heterocycles. The highest BCUT2D eigenvalue weighted by atomic mass is 16.5. The standard InChI is InChI=1S/C10H16O2/c11-8-10(5-1-2-6-10)9-4-3-7-12-9/h8-9H,1-7H2. The second-order valence-corrected chi connectivity index (χ2v) is 4.06. The predicted molar refractivity (Wildman–Crippen MR) is 45.9 cm³/mol. The maximum Gasteiger partial charge on any atom is 0.128 e. The van der Waals surface area contributed by atoms with Crippen LogP contribution in [0.2, 0.25) is 0 Å². The first kappa shape index (κ1) is 8.24. The molecule has 2 heteroatoms. The van der Waals surface area contributed by atoms with Gasteiger partial charge in [0.2, 0.25) is 0 Å². The maximum atomic E-state index is 11.0. The Morgan fingerprint density at radius 1 is 1.25 bits per heavy atom. The summed E-state index contributed by atoms with van der Waals surface area (Å²) in [6, 6.07) is 0. The smallest absolute Gasteiger partial charge is 0.128 e. The molecule has 0 spiro atoms. The Bertz CT molecular complexity index is 165. The zero-order chi connectivity index (χ0) is 8.44. The number of rotatable bonds is 2. The van der Waals surface area contributed by atoms with Gasteiger partial charge in [0.15, 0.2) is 0 Å². The molecule has 1 saturated carbocycles. The molecule has 1 aliphatic carbocycles. The van der Waals surface area contributed by atoms with Crippen LogP contribution in [0.1, 0.15) is 38.5 Å². The van der Waals surface area contributed by atoms with E-state index >= 15 is 0 Å². The Morgan fingerprint density at radius 3 is 2.50 bits per heavy atom. The highest BCUT2D eigenvalue weighted by molar-refractivity contribution is 5.61. The van der Waals surface area contributed by atoms with Crippen molar-refractivity contribution in [2.24, 2.45) is 5.41 Å². The van der Waals surface area contributed by atoms with E-state index in [0.717, 1.165) is 38.6 Å². The molecule has 12 heavy (non-hydrogen) atoms. The van der Waals surface area contributed by atoms with E-state index in [9.17, 15) is 4.79 Å². The summed E-state index contributed by atoms with van der Waals surface area (Å²) in [4.78, 5) is 11.0. The van der Waals surface area contributed by atoms with Gasteiger partial charge in [0.1, 0.15) is 6.29 Å². The first-order valence-corrected chi connectivity index (χ1v) is 4.95. The van der Waals surface area contributed by atoms with E-state index in [2.05, 4.69) is 0 Å². The molecule has 68 valence electrons. The van der Waals surface area contributed by atoms with E-state index in [0.29, 0.717) is 0 Å². The van der Waals surface area contributed by atoms with E-state index in [4.69, 9.17) is 4.74 Å². The average molecular weight is 168 g/mol. The molecule has 1 unspecified atom stereocenters. The highest BCUT2D eigenvalue weighted by Crippen LogP contribution is 2.43. The molecule has 1 atom stereocenters. The van der Waals surface area contributed by atoms with Crippen LogP contribution in [0.4, 0.5) is 0 Å². The van der Waals surface area contributed by atoms with Crippen molar-refractivity contribution >= 4 is 6.29 Å². The van der Waals surface area contributed by atoms with Gasteiger partial charge in [-0.1, -0.05) is 12.8 Å². The molecule has 0 radical (unpaired) electrons. The summed E-state index contributed by atoms with van der Waals surface area (Å²) >= 11 is 0. The lowest BCUT2D eigenvalue weighted by molar-refractivity contribution is -0.123. The number of carbonyl (C=O) groups excluding carboxylic acids is 1. The highest BCUT2D eigenvalue weighted by Gasteiger charge is 2.43. The first-order chi connectivity index (χ1) is 5.87. The SMILES string of the molecule is O=CC1(C2CCCO2)CCCC1. The van der Waals surface area contributed by atoms with Crippen LogP contribution in [0.3, 0.4) is 0 Å². The summed E-state index contributed by atoms with van der Waals surface area (Å²) in [5.41, 5.74) is -0.0868. The van der Waals surface area contributed by atoms with Crippen LogP contribution < -0.4 is 0 Å². The second-order valence-electron chi connectivity index (χ2n) is 4.06. The molecule has 0 aromatic rings. The van der Waals surface area contributed by atoms with Crippen molar-refractivity contribution in [1.82, 2.24) is 0 Å². The van der Waals surface area contributed by atoms with Crippen LogP contribution in [0.5, 0.6) is 0 Å². The minimum Gasteiger partial charge on any atom is -0.377 e. The first-order valence-electron chi connectivity index (χ1n) is 4.95. The van der Waals surface area contributed by atoms with Gasteiger partial charge in [-0.25, -0.2) is 0 Å². The largest absolute Gasteiger partial charge is 0.377 e. The van der Waals surface area contributed by atoms with Gasteiger partial charge in [-0.15, -0.1) is 0 Å². The Labute approximate surface area is 73.3 Å². The van der Waals surface area contributed by atoms with Gasteiger partial charge < -0.3 is 9.53 Å². The molecule has 2 nitrogen and oxygen atoms in total. The summed E-state index contributed by atoms with van der Waals surface area (Å²) in [6.07, 6.45) is 8.17. The molecular weight excluding hydrogens is 152 g/mol. The van der Waals surface area contributed by atoms with Gasteiger partial charge >= 0.3 is 0 Å². The number of hydrogen-bond donors (Lipinski definition) is 0. The normalized spacial score (nSPS) is 33.8. The summed E-state index contributed by atoms with van der Waals surface area (Å²) in [5, 5.41) is 0. The lowest BCUT2D eigenvalue weighted by Crippen LogP contribution is -2.33. The molecule has 2 fully saturated rings. The fourth-order valence-corrected chi connectivity index (χ4v) is 2.58. The summed E-state index contributed by atoms with van der Waals surface area (Å²) < 4.78 is 5.60. The van der Waals surface area contributed by atoms with Gasteiger partial charge in [0, 0.05) is 6.61 Å². The van der Waals surface area contributed by atoms with Crippen molar-refractivity contribution in [2.45, 2.75) is 44.6 Å². The predicted octanol–water partition coefficient (Wildman–Crippen LogP) is 1.92. The molecule has 1 aliphatic heterocycles. The van der Waals surface area contributed by atoms with Gasteiger partial charge in [0.05, 0.1) is 11.5 Å². The van der Waals surface area contributed by atoms with Gasteiger partial charge in [-0.2, -0.15) is 0 Å². The van der Waals surface area contributed by atoms with Crippen molar-refractivity contribution < 1.29 is 9.53 Å². The number of ether oxygens (including phenoxy) is 1. The van der Waals surface area contributed by atoms with Crippen molar-refractivity contribution in [3.05, 3.63) is 0 Å². The maximum absolute atomic E-state index is 11.0. The number of carbonyl (C=O) groups is 1. The topological polar surface area (TPSA) is 26.3 Å². The van der Waals surface area contributed by atoms with Crippen LogP contribution >= 0.6 is 0 Å². The quantitative estimate of drug-likeness (QED) is 0.589. The lowest BCUT2D eigenvalue weighted by Gasteiger charge is -2.28. The van der Waals surface area contributed by atoms with Crippen LogP contribution in [-0.4, -0.2) is 19.0 Å². The van der Waals surface area contributed by atoms with E-state index in [1.807, 2.05) is 0 Å². The summed E-state index contributed by atoms with van der Waals surface area (Å²) in [7, 11) is 0. The van der Waals surface area contributed by atoms with E-state index in [1.54, 1.807) is 0 Å². The fraction of sp³-hybridized carbons (Fsp3) is 0.900. The Balaban J connectivity index is 2.09.